The minimum absolute atomic E-state index is 0.113. The Bertz CT molecular complexity index is 630. The maximum absolute atomic E-state index is 11.0. The van der Waals surface area contributed by atoms with Gasteiger partial charge in [-0.25, -0.2) is 9.59 Å². The first-order chi connectivity index (χ1) is 19.0. The van der Waals surface area contributed by atoms with Crippen molar-refractivity contribution >= 4 is 26.7 Å². The number of unbranched alkanes of at least 4 members (excludes halogenated alkanes) is 15. The maximum Gasteiger partial charge on any atom is 0.502 e. The summed E-state index contributed by atoms with van der Waals surface area (Å²) in [4.78, 5) is 33.0. The van der Waals surface area contributed by atoms with E-state index in [9.17, 15) is 19.5 Å². The van der Waals surface area contributed by atoms with Crippen LogP contribution in [0.4, 0.5) is 0 Å². The van der Waals surface area contributed by atoms with Crippen molar-refractivity contribution in [2.45, 2.75) is 122 Å². The molecule has 0 unspecified atom stereocenters. The number of hydrogen-bond acceptors (Lipinski definition) is 7. The van der Waals surface area contributed by atoms with Gasteiger partial charge in [-0.15, -0.1) is 0 Å². The Kier molecular flexibility index (Phi) is 23.2. The van der Waals surface area contributed by atoms with Crippen LogP contribution in [0.2, 0.25) is 6.04 Å². The molecule has 10 nitrogen and oxygen atoms in total. The van der Waals surface area contributed by atoms with E-state index >= 15 is 0 Å². The van der Waals surface area contributed by atoms with E-state index in [2.05, 4.69) is 21.0 Å². The van der Waals surface area contributed by atoms with E-state index in [1.165, 1.54) is 96.3 Å². The van der Waals surface area contributed by atoms with Crippen molar-refractivity contribution in [2.75, 3.05) is 47.0 Å². The highest BCUT2D eigenvalue weighted by atomic mass is 28.4. The molecule has 40 heavy (non-hydrogen) atoms. The molecule has 236 valence electrons. The quantitative estimate of drug-likeness (QED) is 0.0695. The van der Waals surface area contributed by atoms with Gasteiger partial charge in [0.1, 0.15) is 13.2 Å². The Morgan fingerprint density at radius 2 is 0.950 bits per heavy atom. The molecule has 0 aromatic heterocycles. The van der Waals surface area contributed by atoms with Crippen LogP contribution in [0, 0.1) is 0 Å². The smallest absolute Gasteiger partial charge is 0.502 e. The van der Waals surface area contributed by atoms with Gasteiger partial charge in [0.25, 0.3) is 0 Å². The summed E-state index contributed by atoms with van der Waals surface area (Å²) in [6.45, 7) is 1.54. The number of carbonyl (C=O) groups is 3. The fraction of sp³-hybridized carbons (Fsp3) is 0.897. The van der Waals surface area contributed by atoms with Crippen LogP contribution < -0.4 is 5.11 Å². The topological polar surface area (TPSA) is 142 Å². The van der Waals surface area contributed by atoms with E-state index in [0.29, 0.717) is 13.0 Å². The van der Waals surface area contributed by atoms with Crippen LogP contribution in [0.5, 0.6) is 0 Å². The zero-order valence-corrected chi connectivity index (χ0v) is 26.5. The normalized spacial score (nSPS) is 12.1. The first-order valence-corrected chi connectivity index (χ1v) is 17.3. The van der Waals surface area contributed by atoms with Crippen LogP contribution in [0.25, 0.3) is 0 Å². The minimum Gasteiger partial charge on any atom is -0.548 e. The average Bonchev–Trinajstić information content (AvgIpc) is 2.88. The lowest BCUT2D eigenvalue weighted by molar-refractivity contribution is -0.890. The molecule has 0 saturated heterocycles. The standard InChI is InChI=1S/C29H57NO9Si/c1-4-5-6-7-8-9-10-11-12-13-14-15-16-17-18-19-21-30(2,3)22-20-23-40(37-24-27(31)32,38-25-28(33)34)39-26-29(35)36/h4-26H2,1-3H3,(H2-,31,32,33,34,35,36). The summed E-state index contributed by atoms with van der Waals surface area (Å²) in [5.74, 6) is -4.09. The second-order valence-electron chi connectivity index (χ2n) is 11.5. The lowest BCUT2D eigenvalue weighted by atomic mass is 10.0. The van der Waals surface area contributed by atoms with E-state index in [-0.39, 0.29) is 6.04 Å². The number of quaternary nitrogens is 1. The van der Waals surface area contributed by atoms with E-state index in [1.54, 1.807) is 0 Å². The number of nitrogens with zero attached hydrogens (tertiary/aromatic N) is 1. The summed E-state index contributed by atoms with van der Waals surface area (Å²) in [5, 5.41) is 28.9. The van der Waals surface area contributed by atoms with Crippen molar-refractivity contribution in [2.24, 2.45) is 0 Å². The van der Waals surface area contributed by atoms with Gasteiger partial charge < -0.3 is 37.9 Å². The molecule has 0 bridgehead atoms. The zero-order valence-electron chi connectivity index (χ0n) is 25.5. The molecule has 2 N–H and O–H groups in total. The molecule has 0 spiro atoms. The lowest BCUT2D eigenvalue weighted by Gasteiger charge is -2.32. The molecule has 0 aliphatic heterocycles. The predicted molar refractivity (Wildman–Crippen MR) is 155 cm³/mol. The third-order valence-corrected chi connectivity index (χ3v) is 9.82. The number of carbonyl (C=O) groups excluding carboxylic acids is 1. The molecular formula is C29H57NO9Si. The molecule has 0 amide bonds. The molecule has 0 aliphatic carbocycles. The lowest BCUT2D eigenvalue weighted by Crippen LogP contribution is -2.51. The van der Waals surface area contributed by atoms with Gasteiger partial charge >= 0.3 is 20.7 Å². The Morgan fingerprint density at radius 3 is 1.32 bits per heavy atom. The van der Waals surface area contributed by atoms with Crippen molar-refractivity contribution in [1.29, 1.82) is 0 Å². The van der Waals surface area contributed by atoms with Crippen LogP contribution in [0.3, 0.4) is 0 Å². The third-order valence-electron chi connectivity index (χ3n) is 7.10. The fourth-order valence-corrected chi connectivity index (χ4v) is 7.08. The van der Waals surface area contributed by atoms with Gasteiger partial charge in [0.05, 0.1) is 39.8 Å². The number of carboxylic acids is 3. The first-order valence-electron chi connectivity index (χ1n) is 15.4. The zero-order chi connectivity index (χ0) is 30.1. The highest BCUT2D eigenvalue weighted by molar-refractivity contribution is 6.61. The van der Waals surface area contributed by atoms with E-state index in [0.717, 1.165) is 17.4 Å². The van der Waals surface area contributed by atoms with E-state index in [1.807, 2.05) is 0 Å². The van der Waals surface area contributed by atoms with E-state index < -0.39 is 46.5 Å². The van der Waals surface area contributed by atoms with Crippen molar-refractivity contribution in [3.63, 3.8) is 0 Å². The van der Waals surface area contributed by atoms with Crippen LogP contribution in [-0.2, 0) is 27.7 Å². The predicted octanol–water partition coefficient (Wildman–Crippen LogP) is 4.62. The molecule has 0 aromatic carbocycles. The van der Waals surface area contributed by atoms with Crippen LogP contribution in [-0.4, -0.2) is 88.4 Å². The Hall–Kier alpha value is -1.53. The molecule has 0 fully saturated rings. The van der Waals surface area contributed by atoms with Crippen LogP contribution in [0.15, 0.2) is 0 Å². The Morgan fingerprint density at radius 1 is 0.600 bits per heavy atom. The number of carboxylic acid groups (broad SMARTS) is 3. The van der Waals surface area contributed by atoms with Crippen molar-refractivity contribution in [3.05, 3.63) is 0 Å². The van der Waals surface area contributed by atoms with Gasteiger partial charge in [0.15, 0.2) is 0 Å². The van der Waals surface area contributed by atoms with Crippen molar-refractivity contribution in [3.8, 4) is 0 Å². The molecule has 0 heterocycles. The maximum atomic E-state index is 11.0. The average molecular weight is 592 g/mol. The number of hydrogen-bond donors (Lipinski definition) is 2. The van der Waals surface area contributed by atoms with Crippen LogP contribution >= 0.6 is 0 Å². The molecule has 0 saturated carbocycles. The number of rotatable bonds is 30. The van der Waals surface area contributed by atoms with Gasteiger partial charge in [0.2, 0.25) is 0 Å². The highest BCUT2D eigenvalue weighted by Gasteiger charge is 2.43. The van der Waals surface area contributed by atoms with Crippen molar-refractivity contribution < 1.29 is 47.5 Å². The second kappa shape index (κ2) is 24.1. The van der Waals surface area contributed by atoms with Gasteiger partial charge in [0, 0.05) is 12.5 Å². The molecular weight excluding hydrogens is 534 g/mol. The van der Waals surface area contributed by atoms with Gasteiger partial charge in [-0.1, -0.05) is 96.8 Å². The molecule has 0 rings (SSSR count). The SMILES string of the molecule is CCCCCCCCCCCCCCCCCC[N+](C)(C)CCC[Si](OCC(=O)[O-])(OCC(=O)O)OCC(=O)O. The van der Waals surface area contributed by atoms with Gasteiger partial charge in [-0.3, -0.25) is 0 Å². The molecule has 0 aromatic rings. The molecule has 11 heteroatoms. The number of aliphatic carboxylic acids is 3. The summed E-state index contributed by atoms with van der Waals surface area (Å²) in [7, 11) is 0.355. The highest BCUT2D eigenvalue weighted by Crippen LogP contribution is 2.20. The Labute approximate surface area is 243 Å². The largest absolute Gasteiger partial charge is 0.548 e. The summed E-state index contributed by atoms with van der Waals surface area (Å²) >= 11 is 0. The first kappa shape index (κ1) is 38.5. The minimum atomic E-state index is -3.85. The van der Waals surface area contributed by atoms with Gasteiger partial charge in [-0.2, -0.15) is 0 Å². The molecule has 0 radical (unpaired) electrons. The van der Waals surface area contributed by atoms with Crippen molar-refractivity contribution in [1.82, 2.24) is 0 Å². The summed E-state index contributed by atoms with van der Waals surface area (Å²) in [6.07, 6.45) is 21.7. The van der Waals surface area contributed by atoms with Crippen LogP contribution in [0.1, 0.15) is 116 Å². The molecule has 0 aliphatic rings. The fourth-order valence-electron chi connectivity index (χ4n) is 4.78. The van der Waals surface area contributed by atoms with E-state index in [4.69, 9.17) is 23.5 Å². The summed E-state index contributed by atoms with van der Waals surface area (Å²) in [6, 6.07) is 0.113. The van der Waals surface area contributed by atoms with Gasteiger partial charge in [-0.05, 0) is 12.8 Å². The monoisotopic (exact) mass is 591 g/mol. The Balaban J connectivity index is 4.16. The molecule has 0 atom stereocenters. The summed E-state index contributed by atoms with van der Waals surface area (Å²) in [5.41, 5.74) is 0. The second-order valence-corrected chi connectivity index (χ2v) is 14.2. The summed E-state index contributed by atoms with van der Waals surface area (Å²) < 4.78 is 16.7. The third kappa shape index (κ3) is 24.3.